The molecule has 1 heterocycles. The number of ether oxygens (including phenoxy) is 1. The fourth-order valence-corrected chi connectivity index (χ4v) is 2.39. The summed E-state index contributed by atoms with van der Waals surface area (Å²) in [5.41, 5.74) is 6.27. The Bertz CT molecular complexity index is 473. The van der Waals surface area contributed by atoms with Crippen molar-refractivity contribution >= 4 is 34.8 Å². The van der Waals surface area contributed by atoms with Gasteiger partial charge in [-0.2, -0.15) is 0 Å². The summed E-state index contributed by atoms with van der Waals surface area (Å²) in [6.45, 7) is 1.09. The van der Waals surface area contributed by atoms with Crippen molar-refractivity contribution in [2.45, 2.75) is 6.10 Å². The molecule has 104 valence electrons. The molecule has 1 aromatic carbocycles. The van der Waals surface area contributed by atoms with Crippen molar-refractivity contribution in [2.75, 3.05) is 32.0 Å². The van der Waals surface area contributed by atoms with Crippen molar-refractivity contribution in [3.8, 4) is 0 Å². The van der Waals surface area contributed by atoms with E-state index in [4.69, 9.17) is 38.8 Å². The Hall–Kier alpha value is -1.01. The van der Waals surface area contributed by atoms with Crippen LogP contribution in [0, 0.1) is 0 Å². The lowest BCUT2D eigenvalue weighted by molar-refractivity contribution is -0.0447. The van der Waals surface area contributed by atoms with Gasteiger partial charge in [0.05, 0.1) is 35.1 Å². The first-order valence-corrected chi connectivity index (χ1v) is 6.54. The normalized spacial score (nSPS) is 19.5. The maximum Gasteiger partial charge on any atom is 0.254 e. The molecule has 0 aliphatic carbocycles. The first kappa shape index (κ1) is 14.4. The number of nitrogens with two attached hydrogens (primary N) is 1. The standard InChI is InChI=1S/C12H14Cl2N2O3/c13-9-3-7(4-10(14)11(9)15)12(18)16-1-2-19-8(5-16)6-17/h3-4,8,17H,1-2,5-6,15H2. The van der Waals surface area contributed by atoms with Gasteiger partial charge >= 0.3 is 0 Å². The average molecular weight is 305 g/mol. The van der Waals surface area contributed by atoms with Crippen LogP contribution in [0.4, 0.5) is 5.69 Å². The number of hydrogen-bond donors (Lipinski definition) is 2. The number of carbonyl (C=O) groups is 1. The molecule has 5 nitrogen and oxygen atoms in total. The number of anilines is 1. The maximum absolute atomic E-state index is 12.3. The molecule has 1 unspecified atom stereocenters. The Morgan fingerprint density at radius 3 is 2.68 bits per heavy atom. The van der Waals surface area contributed by atoms with E-state index in [-0.39, 0.29) is 34.4 Å². The molecule has 1 fully saturated rings. The summed E-state index contributed by atoms with van der Waals surface area (Å²) in [5.74, 6) is -0.203. The number of rotatable bonds is 2. The second-order valence-electron chi connectivity index (χ2n) is 4.28. The molecule has 1 aromatic rings. The Balaban J connectivity index is 2.19. The second kappa shape index (κ2) is 5.96. The van der Waals surface area contributed by atoms with Crippen molar-refractivity contribution < 1.29 is 14.6 Å². The predicted molar refractivity (Wildman–Crippen MR) is 73.6 cm³/mol. The van der Waals surface area contributed by atoms with Crippen LogP contribution in [0.15, 0.2) is 12.1 Å². The Morgan fingerprint density at radius 1 is 1.47 bits per heavy atom. The van der Waals surface area contributed by atoms with Gasteiger partial charge in [0.1, 0.15) is 0 Å². The molecule has 1 aliphatic heterocycles. The van der Waals surface area contributed by atoms with Crippen LogP contribution >= 0.6 is 23.2 Å². The number of nitrogen functional groups attached to an aromatic ring is 1. The Kier molecular flexibility index (Phi) is 4.52. The number of amides is 1. The van der Waals surface area contributed by atoms with Crippen LogP contribution in [-0.4, -0.2) is 48.3 Å². The zero-order chi connectivity index (χ0) is 14.0. The zero-order valence-electron chi connectivity index (χ0n) is 10.1. The molecule has 1 saturated heterocycles. The van der Waals surface area contributed by atoms with E-state index < -0.39 is 0 Å². The molecule has 1 aliphatic rings. The molecule has 3 N–H and O–H groups in total. The fourth-order valence-electron chi connectivity index (χ4n) is 1.90. The molecule has 7 heteroatoms. The fraction of sp³-hybridized carbons (Fsp3) is 0.417. The zero-order valence-corrected chi connectivity index (χ0v) is 11.6. The van der Waals surface area contributed by atoms with Gasteiger partial charge in [0, 0.05) is 18.7 Å². The number of benzene rings is 1. The molecular formula is C12H14Cl2N2O3. The lowest BCUT2D eigenvalue weighted by atomic mass is 10.1. The van der Waals surface area contributed by atoms with Crippen molar-refractivity contribution in [1.29, 1.82) is 0 Å². The third-order valence-electron chi connectivity index (χ3n) is 2.96. The minimum atomic E-state index is -0.350. The lowest BCUT2D eigenvalue weighted by Crippen LogP contribution is -2.46. The molecule has 0 saturated carbocycles. The monoisotopic (exact) mass is 304 g/mol. The number of nitrogens with zero attached hydrogens (tertiary/aromatic N) is 1. The molecule has 1 atom stereocenters. The van der Waals surface area contributed by atoms with Gasteiger partial charge in [-0.15, -0.1) is 0 Å². The largest absolute Gasteiger partial charge is 0.396 e. The van der Waals surface area contributed by atoms with E-state index in [2.05, 4.69) is 0 Å². The highest BCUT2D eigenvalue weighted by atomic mass is 35.5. The van der Waals surface area contributed by atoms with Gasteiger partial charge in [-0.05, 0) is 12.1 Å². The maximum atomic E-state index is 12.3. The van der Waals surface area contributed by atoms with Crippen LogP contribution in [0.3, 0.4) is 0 Å². The summed E-state index contributed by atoms with van der Waals surface area (Å²) in [6, 6.07) is 2.99. The number of hydrogen-bond acceptors (Lipinski definition) is 4. The number of aliphatic hydroxyl groups excluding tert-OH is 1. The number of morpholine rings is 1. The third kappa shape index (κ3) is 3.12. The second-order valence-corrected chi connectivity index (χ2v) is 5.09. The SMILES string of the molecule is Nc1c(Cl)cc(C(=O)N2CCOC(CO)C2)cc1Cl. The molecular weight excluding hydrogens is 291 g/mol. The van der Waals surface area contributed by atoms with Crippen LogP contribution in [0.5, 0.6) is 0 Å². The van der Waals surface area contributed by atoms with Crippen molar-refractivity contribution in [2.24, 2.45) is 0 Å². The summed E-state index contributed by atoms with van der Waals surface area (Å²) in [7, 11) is 0. The Morgan fingerprint density at radius 2 is 2.11 bits per heavy atom. The number of aliphatic hydroxyl groups is 1. The van der Waals surface area contributed by atoms with Crippen LogP contribution < -0.4 is 5.73 Å². The van der Waals surface area contributed by atoms with Gasteiger partial charge < -0.3 is 20.5 Å². The molecule has 2 rings (SSSR count). The van der Waals surface area contributed by atoms with E-state index >= 15 is 0 Å². The molecule has 1 amide bonds. The highest BCUT2D eigenvalue weighted by Gasteiger charge is 2.25. The quantitative estimate of drug-likeness (QED) is 0.810. The average Bonchev–Trinajstić information content (AvgIpc) is 2.43. The van der Waals surface area contributed by atoms with Crippen molar-refractivity contribution in [3.05, 3.63) is 27.7 Å². The van der Waals surface area contributed by atoms with Gasteiger partial charge in [-0.25, -0.2) is 0 Å². The van der Waals surface area contributed by atoms with Gasteiger partial charge in [0.25, 0.3) is 5.91 Å². The molecule has 0 bridgehead atoms. The highest BCUT2D eigenvalue weighted by molar-refractivity contribution is 6.39. The van der Waals surface area contributed by atoms with Gasteiger partial charge in [0.15, 0.2) is 0 Å². The van der Waals surface area contributed by atoms with Gasteiger partial charge in [-0.1, -0.05) is 23.2 Å². The van der Waals surface area contributed by atoms with E-state index in [9.17, 15) is 4.79 Å². The lowest BCUT2D eigenvalue weighted by Gasteiger charge is -2.32. The van der Waals surface area contributed by atoms with Crippen LogP contribution in [-0.2, 0) is 4.74 Å². The minimum absolute atomic E-state index is 0.118. The van der Waals surface area contributed by atoms with E-state index in [1.165, 1.54) is 12.1 Å². The minimum Gasteiger partial charge on any atom is -0.396 e. The summed E-state index contributed by atoms with van der Waals surface area (Å²) in [4.78, 5) is 13.9. The van der Waals surface area contributed by atoms with E-state index in [0.29, 0.717) is 25.3 Å². The van der Waals surface area contributed by atoms with Gasteiger partial charge in [-0.3, -0.25) is 4.79 Å². The summed E-state index contributed by atoms with van der Waals surface area (Å²) < 4.78 is 5.29. The van der Waals surface area contributed by atoms with Gasteiger partial charge in [0.2, 0.25) is 0 Å². The van der Waals surface area contributed by atoms with Crippen LogP contribution in [0.2, 0.25) is 10.0 Å². The van der Waals surface area contributed by atoms with Crippen LogP contribution in [0.25, 0.3) is 0 Å². The van der Waals surface area contributed by atoms with E-state index in [0.717, 1.165) is 0 Å². The Labute approximate surface area is 120 Å². The van der Waals surface area contributed by atoms with E-state index in [1.54, 1.807) is 4.90 Å². The number of halogens is 2. The van der Waals surface area contributed by atoms with Crippen molar-refractivity contribution in [3.63, 3.8) is 0 Å². The molecule has 0 aromatic heterocycles. The summed E-state index contributed by atoms with van der Waals surface area (Å²) in [6.07, 6.45) is -0.350. The molecule has 19 heavy (non-hydrogen) atoms. The van der Waals surface area contributed by atoms with E-state index in [1.807, 2.05) is 0 Å². The smallest absolute Gasteiger partial charge is 0.254 e. The number of carbonyl (C=O) groups excluding carboxylic acids is 1. The molecule has 0 spiro atoms. The van der Waals surface area contributed by atoms with Crippen molar-refractivity contribution in [1.82, 2.24) is 4.90 Å². The molecule has 0 radical (unpaired) electrons. The van der Waals surface area contributed by atoms with Crippen LogP contribution in [0.1, 0.15) is 10.4 Å². The topological polar surface area (TPSA) is 75.8 Å². The first-order valence-electron chi connectivity index (χ1n) is 5.79. The highest BCUT2D eigenvalue weighted by Crippen LogP contribution is 2.29. The first-order chi connectivity index (χ1) is 9.02. The third-order valence-corrected chi connectivity index (χ3v) is 3.58. The summed E-state index contributed by atoms with van der Waals surface area (Å²) in [5, 5.41) is 9.57. The summed E-state index contributed by atoms with van der Waals surface area (Å²) >= 11 is 11.8. The predicted octanol–water partition coefficient (Wildman–Crippen LogP) is 1.41.